The van der Waals surface area contributed by atoms with Crippen LogP contribution in [-0.4, -0.2) is 39.9 Å². The fraction of sp³-hybridized carbons (Fsp3) is 0.333. The van der Waals surface area contributed by atoms with Gasteiger partial charge in [0.15, 0.2) is 6.30 Å². The number of alkyl halides is 4. The number of imidazole rings is 1. The van der Waals surface area contributed by atoms with E-state index in [4.69, 9.17) is 4.98 Å². The average Bonchev–Trinajstić information content (AvgIpc) is 3.47. The van der Waals surface area contributed by atoms with E-state index >= 15 is 4.39 Å². The summed E-state index contributed by atoms with van der Waals surface area (Å²) in [7, 11) is 0. The second-order valence-corrected chi connectivity index (χ2v) is 12.2. The van der Waals surface area contributed by atoms with Crippen molar-refractivity contribution in [2.75, 3.05) is 13.1 Å². The molecule has 2 heterocycles. The number of piperidine rings is 1. The molecule has 5 rings (SSSR count). The third-order valence-corrected chi connectivity index (χ3v) is 8.91. The molecular formula is C39H41F4N3O. The first-order valence-electron chi connectivity index (χ1n) is 16.1. The SMILES string of the molecule is C=CC(F)c1cccc(/C(=C/CC(=C)CC(F)F)c2ccc(C(=O)N3CCC(c4nc5ccccc5n4C(F)CC)CC3)cc2C)c1. The molecule has 1 saturated heterocycles. The van der Waals surface area contributed by atoms with Gasteiger partial charge in [-0.1, -0.05) is 74.2 Å². The number of halogens is 4. The van der Waals surface area contributed by atoms with Crippen molar-refractivity contribution in [2.24, 2.45) is 0 Å². The minimum absolute atomic E-state index is 0.0358. The van der Waals surface area contributed by atoms with E-state index in [1.54, 1.807) is 28.8 Å². The van der Waals surface area contributed by atoms with Crippen LogP contribution in [0.3, 0.4) is 0 Å². The smallest absolute Gasteiger partial charge is 0.253 e. The number of carbonyl (C=O) groups is 1. The number of hydrogen-bond acceptors (Lipinski definition) is 2. The molecule has 47 heavy (non-hydrogen) atoms. The number of aromatic nitrogens is 2. The molecule has 1 aliphatic rings. The van der Waals surface area contributed by atoms with Crippen molar-refractivity contribution in [3.63, 3.8) is 0 Å². The Morgan fingerprint density at radius 2 is 1.74 bits per heavy atom. The number of allylic oxidation sites excluding steroid dienone is 3. The van der Waals surface area contributed by atoms with Gasteiger partial charge in [-0.05, 0) is 90.8 Å². The Kier molecular flexibility index (Phi) is 10.8. The summed E-state index contributed by atoms with van der Waals surface area (Å²) in [6.45, 7) is 12.1. The van der Waals surface area contributed by atoms with Gasteiger partial charge in [0, 0.05) is 31.0 Å². The van der Waals surface area contributed by atoms with Gasteiger partial charge in [0.05, 0.1) is 11.0 Å². The number of nitrogens with zero attached hydrogens (tertiary/aromatic N) is 3. The maximum atomic E-state index is 15.1. The average molecular weight is 644 g/mol. The molecular weight excluding hydrogens is 602 g/mol. The molecule has 1 aliphatic heterocycles. The topological polar surface area (TPSA) is 38.1 Å². The van der Waals surface area contributed by atoms with Crippen molar-refractivity contribution < 1.29 is 22.4 Å². The van der Waals surface area contributed by atoms with Crippen LogP contribution in [0.4, 0.5) is 17.6 Å². The van der Waals surface area contributed by atoms with Gasteiger partial charge >= 0.3 is 0 Å². The molecule has 8 heteroatoms. The predicted molar refractivity (Wildman–Crippen MR) is 181 cm³/mol. The zero-order chi connectivity index (χ0) is 33.7. The van der Waals surface area contributed by atoms with Gasteiger partial charge in [-0.3, -0.25) is 9.36 Å². The first-order valence-corrected chi connectivity index (χ1v) is 16.1. The van der Waals surface area contributed by atoms with Crippen molar-refractivity contribution in [2.45, 2.75) is 70.8 Å². The highest BCUT2D eigenvalue weighted by molar-refractivity contribution is 5.95. The number of amides is 1. The molecule has 4 nitrogen and oxygen atoms in total. The maximum Gasteiger partial charge on any atom is 0.253 e. The van der Waals surface area contributed by atoms with Gasteiger partial charge in [0.2, 0.25) is 6.43 Å². The van der Waals surface area contributed by atoms with Crippen molar-refractivity contribution in [1.82, 2.24) is 14.5 Å². The van der Waals surface area contributed by atoms with Crippen LogP contribution in [0.15, 0.2) is 97.6 Å². The van der Waals surface area contributed by atoms with E-state index in [0.717, 1.165) is 39.1 Å². The number of hydrogen-bond donors (Lipinski definition) is 0. The molecule has 1 fully saturated rings. The molecule has 2 unspecified atom stereocenters. The molecule has 0 N–H and O–H groups in total. The van der Waals surface area contributed by atoms with E-state index in [2.05, 4.69) is 13.2 Å². The summed E-state index contributed by atoms with van der Waals surface area (Å²) in [6.07, 6.45) is -0.411. The summed E-state index contributed by atoms with van der Waals surface area (Å²) in [4.78, 5) is 20.3. The van der Waals surface area contributed by atoms with Crippen LogP contribution in [0.2, 0.25) is 0 Å². The standard InChI is InChI=1S/C39H41F4N3O/c1-5-33(40)29-11-9-10-28(24-29)32(16-14-25(3)22-36(41)42)31-17-15-30(23-26(31)4)39(47)45-20-18-27(19-21-45)38-44-34-12-7-8-13-35(34)46(38)37(43)6-2/h5,7-13,15-17,23-24,27,33,36-37H,1,3,6,14,18-22H2,2,4H3/b32-16-. The number of carbonyl (C=O) groups excluding carboxylic acids is 1. The first-order chi connectivity index (χ1) is 22.6. The molecule has 1 aromatic heterocycles. The Morgan fingerprint density at radius 3 is 2.43 bits per heavy atom. The second kappa shape index (κ2) is 15.0. The molecule has 0 spiro atoms. The Labute approximate surface area is 274 Å². The van der Waals surface area contributed by atoms with Gasteiger partial charge in [0.25, 0.3) is 5.91 Å². The summed E-state index contributed by atoms with van der Waals surface area (Å²) in [5, 5.41) is 0. The molecule has 3 aromatic carbocycles. The number of fused-ring (bicyclic) bond motifs is 1. The highest BCUT2D eigenvalue weighted by Gasteiger charge is 2.30. The van der Waals surface area contributed by atoms with Crippen molar-refractivity contribution in [3.8, 4) is 0 Å². The Balaban J connectivity index is 1.36. The lowest BCUT2D eigenvalue weighted by Crippen LogP contribution is -2.38. The summed E-state index contributed by atoms with van der Waals surface area (Å²) in [5.74, 6) is 0.681. The largest absolute Gasteiger partial charge is 0.339 e. The summed E-state index contributed by atoms with van der Waals surface area (Å²) in [6, 6.07) is 20.1. The first kappa shape index (κ1) is 33.9. The van der Waals surface area contributed by atoms with E-state index < -0.39 is 25.3 Å². The van der Waals surface area contributed by atoms with Gasteiger partial charge in [0.1, 0.15) is 12.0 Å². The number of aryl methyl sites for hydroxylation is 1. The number of likely N-dealkylation sites (tertiary alicyclic amines) is 1. The molecule has 1 amide bonds. The van der Waals surface area contributed by atoms with Crippen LogP contribution >= 0.6 is 0 Å². The summed E-state index contributed by atoms with van der Waals surface area (Å²) >= 11 is 0. The Morgan fingerprint density at radius 1 is 1.00 bits per heavy atom. The molecule has 0 bridgehead atoms. The van der Waals surface area contributed by atoms with Gasteiger partial charge < -0.3 is 4.90 Å². The zero-order valence-electron chi connectivity index (χ0n) is 26.9. The monoisotopic (exact) mass is 643 g/mol. The summed E-state index contributed by atoms with van der Waals surface area (Å²) in [5.41, 5.74) is 6.04. The third-order valence-electron chi connectivity index (χ3n) is 8.91. The van der Waals surface area contributed by atoms with Crippen LogP contribution < -0.4 is 0 Å². The lowest BCUT2D eigenvalue weighted by Gasteiger charge is -2.32. The molecule has 0 saturated carbocycles. The minimum atomic E-state index is -2.49. The zero-order valence-corrected chi connectivity index (χ0v) is 26.9. The second-order valence-electron chi connectivity index (χ2n) is 12.2. The number of para-hydroxylation sites is 2. The van der Waals surface area contributed by atoms with E-state index in [9.17, 15) is 18.0 Å². The molecule has 4 aromatic rings. The fourth-order valence-corrected chi connectivity index (χ4v) is 6.40. The predicted octanol–water partition coefficient (Wildman–Crippen LogP) is 10.5. The normalized spacial score (nSPS) is 15.6. The van der Waals surface area contributed by atoms with Crippen LogP contribution in [0, 0.1) is 6.92 Å². The molecule has 0 aliphatic carbocycles. The van der Waals surface area contributed by atoms with E-state index in [1.165, 1.54) is 6.08 Å². The lowest BCUT2D eigenvalue weighted by atomic mass is 9.90. The van der Waals surface area contributed by atoms with Crippen LogP contribution in [0.1, 0.15) is 95.8 Å². The summed E-state index contributed by atoms with van der Waals surface area (Å²) < 4.78 is 57.3. The number of benzene rings is 3. The van der Waals surface area contributed by atoms with E-state index in [0.29, 0.717) is 49.1 Å². The highest BCUT2D eigenvalue weighted by atomic mass is 19.3. The van der Waals surface area contributed by atoms with Crippen LogP contribution in [0.5, 0.6) is 0 Å². The lowest BCUT2D eigenvalue weighted by molar-refractivity contribution is 0.0708. The van der Waals surface area contributed by atoms with E-state index in [-0.39, 0.29) is 18.2 Å². The van der Waals surface area contributed by atoms with Crippen LogP contribution in [0.25, 0.3) is 16.6 Å². The van der Waals surface area contributed by atoms with Gasteiger partial charge in [-0.2, -0.15) is 0 Å². The van der Waals surface area contributed by atoms with Crippen molar-refractivity contribution in [3.05, 3.63) is 131 Å². The third kappa shape index (κ3) is 7.58. The Hall–Kier alpha value is -4.46. The fourth-order valence-electron chi connectivity index (χ4n) is 6.40. The van der Waals surface area contributed by atoms with Crippen LogP contribution in [-0.2, 0) is 0 Å². The van der Waals surface area contributed by atoms with E-state index in [1.807, 2.05) is 67.3 Å². The number of rotatable bonds is 12. The van der Waals surface area contributed by atoms with Crippen molar-refractivity contribution >= 4 is 22.5 Å². The molecule has 246 valence electrons. The minimum Gasteiger partial charge on any atom is -0.339 e. The van der Waals surface area contributed by atoms with Gasteiger partial charge in [-0.15, -0.1) is 0 Å². The van der Waals surface area contributed by atoms with Crippen molar-refractivity contribution in [1.29, 1.82) is 0 Å². The van der Waals surface area contributed by atoms with Gasteiger partial charge in [-0.25, -0.2) is 22.5 Å². The quantitative estimate of drug-likeness (QED) is 0.114. The molecule has 0 radical (unpaired) electrons. The maximum absolute atomic E-state index is 15.1. The highest BCUT2D eigenvalue weighted by Crippen LogP contribution is 2.35. The molecule has 2 atom stereocenters. The Bertz CT molecular complexity index is 1780.